The van der Waals surface area contributed by atoms with Gasteiger partial charge in [0.25, 0.3) is 0 Å². The second-order valence-electron chi connectivity index (χ2n) is 7.44. The summed E-state index contributed by atoms with van der Waals surface area (Å²) in [5.74, 6) is 0.908. The van der Waals surface area contributed by atoms with E-state index in [0.717, 1.165) is 22.3 Å². The lowest BCUT2D eigenvalue weighted by Crippen LogP contribution is -2.10. The highest BCUT2D eigenvalue weighted by atomic mass is 19.1. The Morgan fingerprint density at radius 1 is 0.688 bits per heavy atom. The van der Waals surface area contributed by atoms with E-state index in [4.69, 9.17) is 9.47 Å². The van der Waals surface area contributed by atoms with Crippen molar-refractivity contribution in [2.75, 3.05) is 7.11 Å². The van der Waals surface area contributed by atoms with Crippen LogP contribution in [0.2, 0.25) is 0 Å². The highest BCUT2D eigenvalue weighted by Gasteiger charge is 2.17. The monoisotopic (exact) mass is 428 g/mol. The standard InChI is InChI=1S/C27H25FN2O2/c1-31-19-25-27(32-18-21-8-4-2-5-9-21)24(17-28)29-26(30-25)16-20-12-14-23(15-13-20)22-10-6-3-7-11-22/h2-15H,16-19H2,1H3. The van der Waals surface area contributed by atoms with Crippen LogP contribution >= 0.6 is 0 Å². The third-order valence-electron chi connectivity index (χ3n) is 5.11. The molecular formula is C27H25FN2O2. The molecule has 4 aromatic rings. The molecule has 0 atom stereocenters. The molecule has 0 amide bonds. The zero-order valence-corrected chi connectivity index (χ0v) is 18.0. The average Bonchev–Trinajstić information content (AvgIpc) is 2.85. The second-order valence-corrected chi connectivity index (χ2v) is 7.44. The number of hydrogen-bond acceptors (Lipinski definition) is 4. The van der Waals surface area contributed by atoms with Gasteiger partial charge < -0.3 is 9.47 Å². The van der Waals surface area contributed by atoms with Gasteiger partial charge in [0.1, 0.15) is 30.5 Å². The number of benzene rings is 3. The van der Waals surface area contributed by atoms with Crippen molar-refractivity contribution in [2.45, 2.75) is 26.3 Å². The summed E-state index contributed by atoms with van der Waals surface area (Å²) in [6, 6.07) is 28.2. The normalized spacial score (nSPS) is 10.8. The fraction of sp³-hybridized carbons (Fsp3) is 0.185. The van der Waals surface area contributed by atoms with Crippen LogP contribution in [0.15, 0.2) is 84.9 Å². The minimum atomic E-state index is -0.733. The number of ether oxygens (including phenoxy) is 2. The lowest BCUT2D eigenvalue weighted by atomic mass is 10.0. The maximum Gasteiger partial charge on any atom is 0.167 e. The molecule has 4 rings (SSSR count). The summed E-state index contributed by atoms with van der Waals surface area (Å²) >= 11 is 0. The van der Waals surface area contributed by atoms with Crippen LogP contribution in [-0.4, -0.2) is 17.1 Å². The van der Waals surface area contributed by atoms with Crippen LogP contribution in [0.5, 0.6) is 5.75 Å². The number of aromatic nitrogens is 2. The molecule has 0 saturated carbocycles. The number of alkyl halides is 1. The lowest BCUT2D eigenvalue weighted by Gasteiger charge is -2.15. The topological polar surface area (TPSA) is 44.2 Å². The van der Waals surface area contributed by atoms with Gasteiger partial charge in [0.15, 0.2) is 5.75 Å². The molecule has 0 bridgehead atoms. The molecule has 1 heterocycles. The third-order valence-corrected chi connectivity index (χ3v) is 5.11. The van der Waals surface area contributed by atoms with E-state index in [9.17, 15) is 4.39 Å². The van der Waals surface area contributed by atoms with Crippen LogP contribution in [0.1, 0.15) is 28.3 Å². The van der Waals surface area contributed by atoms with E-state index in [-0.39, 0.29) is 12.3 Å². The minimum Gasteiger partial charge on any atom is -0.485 e. The molecule has 0 fully saturated rings. The highest BCUT2D eigenvalue weighted by molar-refractivity contribution is 5.63. The second kappa shape index (κ2) is 10.6. The first-order chi connectivity index (χ1) is 15.8. The predicted molar refractivity (Wildman–Crippen MR) is 123 cm³/mol. The molecule has 32 heavy (non-hydrogen) atoms. The molecule has 3 aromatic carbocycles. The predicted octanol–water partition coefficient (Wildman–Crippen LogP) is 5.93. The first kappa shape index (κ1) is 21.7. The van der Waals surface area contributed by atoms with E-state index in [1.54, 1.807) is 7.11 Å². The van der Waals surface area contributed by atoms with Crippen LogP contribution in [0, 0.1) is 0 Å². The maximum absolute atomic E-state index is 13.9. The number of halogens is 1. The fourth-order valence-electron chi connectivity index (χ4n) is 3.53. The van der Waals surface area contributed by atoms with Crippen molar-refractivity contribution >= 4 is 0 Å². The Balaban J connectivity index is 1.55. The molecule has 1 aromatic heterocycles. The van der Waals surface area contributed by atoms with Crippen molar-refractivity contribution in [3.05, 3.63) is 113 Å². The SMILES string of the molecule is COCc1nc(Cc2ccc(-c3ccccc3)cc2)nc(CF)c1OCc1ccccc1. The molecular weight excluding hydrogens is 403 g/mol. The summed E-state index contributed by atoms with van der Waals surface area (Å²) in [6.07, 6.45) is 0.498. The van der Waals surface area contributed by atoms with Crippen molar-refractivity contribution in [2.24, 2.45) is 0 Å². The van der Waals surface area contributed by atoms with Gasteiger partial charge in [0, 0.05) is 13.5 Å². The minimum absolute atomic E-state index is 0.222. The zero-order valence-electron chi connectivity index (χ0n) is 18.0. The summed E-state index contributed by atoms with van der Waals surface area (Å²) < 4.78 is 25.1. The molecule has 0 N–H and O–H groups in total. The van der Waals surface area contributed by atoms with Crippen molar-refractivity contribution in [1.82, 2.24) is 9.97 Å². The summed E-state index contributed by atoms with van der Waals surface area (Å²) in [5, 5.41) is 0. The molecule has 0 aliphatic rings. The smallest absolute Gasteiger partial charge is 0.167 e. The van der Waals surface area contributed by atoms with E-state index in [0.29, 0.717) is 30.3 Å². The van der Waals surface area contributed by atoms with E-state index < -0.39 is 6.67 Å². The average molecular weight is 429 g/mol. The Hall–Kier alpha value is -3.57. The fourth-order valence-corrected chi connectivity index (χ4v) is 3.53. The van der Waals surface area contributed by atoms with Gasteiger partial charge >= 0.3 is 0 Å². The van der Waals surface area contributed by atoms with Crippen LogP contribution < -0.4 is 4.74 Å². The number of methoxy groups -OCH3 is 1. The van der Waals surface area contributed by atoms with Gasteiger partial charge in [-0.2, -0.15) is 0 Å². The van der Waals surface area contributed by atoms with Crippen molar-refractivity contribution in [3.8, 4) is 16.9 Å². The third kappa shape index (κ3) is 5.37. The molecule has 0 radical (unpaired) electrons. The van der Waals surface area contributed by atoms with Crippen LogP contribution in [0.25, 0.3) is 11.1 Å². The molecule has 4 nitrogen and oxygen atoms in total. The zero-order chi connectivity index (χ0) is 22.2. The Labute approximate surface area is 187 Å². The molecule has 0 saturated heterocycles. The van der Waals surface area contributed by atoms with Crippen LogP contribution in [0.3, 0.4) is 0 Å². The van der Waals surface area contributed by atoms with Crippen molar-refractivity contribution in [3.63, 3.8) is 0 Å². The van der Waals surface area contributed by atoms with Gasteiger partial charge in [-0.3, -0.25) is 0 Å². The number of nitrogens with zero attached hydrogens (tertiary/aromatic N) is 2. The van der Waals surface area contributed by atoms with E-state index in [1.807, 2.05) is 48.5 Å². The Morgan fingerprint density at radius 3 is 1.97 bits per heavy atom. The van der Waals surface area contributed by atoms with Gasteiger partial charge in [0.2, 0.25) is 0 Å². The molecule has 5 heteroatoms. The molecule has 0 unspecified atom stereocenters. The Kier molecular flexibility index (Phi) is 7.20. The molecule has 0 aliphatic carbocycles. The lowest BCUT2D eigenvalue weighted by molar-refractivity contribution is 0.173. The molecule has 0 aliphatic heterocycles. The maximum atomic E-state index is 13.9. The van der Waals surface area contributed by atoms with Gasteiger partial charge in [-0.15, -0.1) is 0 Å². The summed E-state index contributed by atoms with van der Waals surface area (Å²) in [7, 11) is 1.58. The Bertz CT molecular complexity index is 1130. The van der Waals surface area contributed by atoms with Crippen molar-refractivity contribution < 1.29 is 13.9 Å². The first-order valence-corrected chi connectivity index (χ1v) is 10.5. The molecule has 0 spiro atoms. The van der Waals surface area contributed by atoms with Gasteiger partial charge in [0.05, 0.1) is 6.61 Å². The van der Waals surface area contributed by atoms with E-state index in [1.165, 1.54) is 0 Å². The van der Waals surface area contributed by atoms with Crippen LogP contribution in [0.4, 0.5) is 4.39 Å². The summed E-state index contributed by atoms with van der Waals surface area (Å²) in [5.41, 5.74) is 5.15. The highest BCUT2D eigenvalue weighted by Crippen LogP contribution is 2.26. The quantitative estimate of drug-likeness (QED) is 0.331. The largest absolute Gasteiger partial charge is 0.485 e. The van der Waals surface area contributed by atoms with Crippen LogP contribution in [-0.2, 0) is 31.0 Å². The summed E-state index contributed by atoms with van der Waals surface area (Å²) in [6.45, 7) is -0.197. The van der Waals surface area contributed by atoms with Gasteiger partial charge in [-0.25, -0.2) is 14.4 Å². The summed E-state index contributed by atoms with van der Waals surface area (Å²) in [4.78, 5) is 9.09. The molecule has 162 valence electrons. The first-order valence-electron chi connectivity index (χ1n) is 10.5. The van der Waals surface area contributed by atoms with Crippen molar-refractivity contribution in [1.29, 1.82) is 0 Å². The Morgan fingerprint density at radius 2 is 1.31 bits per heavy atom. The van der Waals surface area contributed by atoms with Gasteiger partial charge in [-0.1, -0.05) is 84.9 Å². The number of rotatable bonds is 9. The van der Waals surface area contributed by atoms with Gasteiger partial charge in [-0.05, 0) is 22.3 Å². The van der Waals surface area contributed by atoms with E-state index in [2.05, 4.69) is 46.4 Å². The van der Waals surface area contributed by atoms with E-state index >= 15 is 0 Å². The number of hydrogen-bond donors (Lipinski definition) is 0.